The molecule has 2 heterocycles. The van der Waals surface area contributed by atoms with E-state index < -0.39 is 24.0 Å². The van der Waals surface area contributed by atoms with Crippen molar-refractivity contribution >= 4 is 24.5 Å². The predicted octanol–water partition coefficient (Wildman–Crippen LogP) is 3.96. The zero-order chi connectivity index (χ0) is 14.4. The predicted molar refractivity (Wildman–Crippen MR) is 80.9 cm³/mol. The zero-order valence-corrected chi connectivity index (χ0v) is 16.0. The molecule has 0 aliphatic carbocycles. The number of rotatable bonds is 1. The first-order valence-corrected chi connectivity index (χ1v) is 17.3. The molecule has 2 rings (SSSR count). The Hall–Kier alpha value is -0.191. The first-order chi connectivity index (χ1) is 8.58. The second kappa shape index (κ2) is 4.97. The summed E-state index contributed by atoms with van der Waals surface area (Å²) >= 11 is -1.97. The van der Waals surface area contributed by atoms with E-state index in [1.165, 1.54) is 0 Å². The Bertz CT molecular complexity index is 403. The van der Waals surface area contributed by atoms with E-state index in [0.717, 1.165) is 19.3 Å². The van der Waals surface area contributed by atoms with Gasteiger partial charge in [0.2, 0.25) is 0 Å². The summed E-state index contributed by atoms with van der Waals surface area (Å²) in [4.78, 5) is 21.7. The molecule has 108 valence electrons. The molecule has 0 aromatic heterocycles. The number of carbonyl (C=O) groups excluding carboxylic acids is 1. The van der Waals surface area contributed by atoms with E-state index in [1.54, 1.807) is 3.59 Å². The monoisotopic (exact) mass is 373 g/mol. The molecule has 2 atom stereocenters. The average molecular weight is 372 g/mol. The van der Waals surface area contributed by atoms with Gasteiger partial charge in [-0.15, -0.1) is 0 Å². The van der Waals surface area contributed by atoms with Crippen LogP contribution in [0, 0.1) is 0 Å². The first kappa shape index (κ1) is 15.2. The summed E-state index contributed by atoms with van der Waals surface area (Å²) in [7, 11) is 0. The van der Waals surface area contributed by atoms with Gasteiger partial charge in [-0.1, -0.05) is 0 Å². The summed E-state index contributed by atoms with van der Waals surface area (Å²) in [5.74, 6) is 0. The first-order valence-electron chi connectivity index (χ1n) is 7.30. The molecule has 2 unspecified atom stereocenters. The third-order valence-corrected chi connectivity index (χ3v) is 10.5. The average Bonchev–Trinajstić information content (AvgIpc) is 2.45. The van der Waals surface area contributed by atoms with Gasteiger partial charge < -0.3 is 0 Å². The van der Waals surface area contributed by atoms with E-state index in [0.29, 0.717) is 12.1 Å². The summed E-state index contributed by atoms with van der Waals surface area (Å²) < 4.78 is 7.25. The molecule has 0 saturated carbocycles. The number of fused-ring (bicyclic) bond motifs is 2. The summed E-state index contributed by atoms with van der Waals surface area (Å²) in [6.45, 7) is 5.80. The Morgan fingerprint density at radius 3 is 2.42 bits per heavy atom. The van der Waals surface area contributed by atoms with E-state index in [4.69, 9.17) is 4.74 Å². The van der Waals surface area contributed by atoms with Crippen LogP contribution in [0.1, 0.15) is 40.0 Å². The molecule has 2 bridgehead atoms. The number of ether oxygens (including phenoxy) is 1. The SMILES string of the molecule is CC(C)(C)OC(=O)N1C2C=[C]([Sn]([CH3])([CH3])[CH3])CC1CC2. The van der Waals surface area contributed by atoms with Crippen molar-refractivity contribution in [1.82, 2.24) is 4.90 Å². The summed E-state index contributed by atoms with van der Waals surface area (Å²) in [5, 5.41) is 0. The molecule has 0 radical (unpaired) electrons. The van der Waals surface area contributed by atoms with E-state index in [-0.39, 0.29) is 6.09 Å². The van der Waals surface area contributed by atoms with E-state index in [2.05, 4.69) is 20.9 Å². The van der Waals surface area contributed by atoms with Crippen LogP contribution in [0.2, 0.25) is 14.8 Å². The third-order valence-electron chi connectivity index (χ3n) is 3.96. The molecule has 4 heteroatoms. The van der Waals surface area contributed by atoms with Crippen LogP contribution in [-0.2, 0) is 4.74 Å². The van der Waals surface area contributed by atoms with Gasteiger partial charge in [-0.05, 0) is 0 Å². The summed E-state index contributed by atoms with van der Waals surface area (Å²) in [6.07, 6.45) is 5.60. The fourth-order valence-corrected chi connectivity index (χ4v) is 7.38. The molecular formula is C15H27NO2Sn. The molecule has 0 aromatic carbocycles. The Balaban J connectivity index is 2.15. The van der Waals surface area contributed by atoms with E-state index in [1.807, 2.05) is 25.7 Å². The Labute approximate surface area is 121 Å². The van der Waals surface area contributed by atoms with Gasteiger partial charge in [0.15, 0.2) is 0 Å². The summed E-state index contributed by atoms with van der Waals surface area (Å²) in [5.41, 5.74) is -0.399. The van der Waals surface area contributed by atoms with Crippen LogP contribution in [0.4, 0.5) is 4.79 Å². The number of nitrogens with zero attached hydrogens (tertiary/aromatic N) is 1. The van der Waals surface area contributed by atoms with Crippen molar-refractivity contribution < 1.29 is 9.53 Å². The van der Waals surface area contributed by atoms with Crippen molar-refractivity contribution in [3.8, 4) is 0 Å². The van der Waals surface area contributed by atoms with E-state index >= 15 is 0 Å². The van der Waals surface area contributed by atoms with Gasteiger partial charge in [0.05, 0.1) is 0 Å². The minimum absolute atomic E-state index is 0.126. The van der Waals surface area contributed by atoms with Gasteiger partial charge in [0, 0.05) is 0 Å². The quantitative estimate of drug-likeness (QED) is 0.653. The van der Waals surface area contributed by atoms with Gasteiger partial charge in [-0.2, -0.15) is 0 Å². The van der Waals surface area contributed by atoms with Crippen LogP contribution in [0.25, 0.3) is 0 Å². The standard InChI is InChI=1S/C12H18NO2.3CH3.Sn/c1-12(2,3)15-11(14)13-9-5-4-6-10(13)8-7-9;;;;/h5,9-10H,6-8H2,1-3H3;3*1H3;. The number of amides is 1. The van der Waals surface area contributed by atoms with Crippen LogP contribution in [0.15, 0.2) is 9.67 Å². The number of hydrogen-bond acceptors (Lipinski definition) is 2. The van der Waals surface area contributed by atoms with Crippen LogP contribution >= 0.6 is 0 Å². The molecule has 2 aliphatic rings. The van der Waals surface area contributed by atoms with Crippen LogP contribution in [0.3, 0.4) is 0 Å². The topological polar surface area (TPSA) is 29.5 Å². The Kier molecular flexibility index (Phi) is 3.98. The van der Waals surface area contributed by atoms with Crippen molar-refractivity contribution in [2.45, 2.75) is 72.5 Å². The fraction of sp³-hybridized carbons (Fsp3) is 0.800. The van der Waals surface area contributed by atoms with Gasteiger partial charge in [-0.25, -0.2) is 0 Å². The third kappa shape index (κ3) is 3.47. The normalized spacial score (nSPS) is 27.3. The molecule has 1 fully saturated rings. The molecule has 3 nitrogen and oxygen atoms in total. The maximum atomic E-state index is 12.3. The molecule has 0 spiro atoms. The van der Waals surface area contributed by atoms with Crippen molar-refractivity contribution in [3.05, 3.63) is 9.67 Å². The molecular weight excluding hydrogens is 345 g/mol. The fourth-order valence-electron chi connectivity index (χ4n) is 2.99. The molecule has 1 saturated heterocycles. The van der Waals surface area contributed by atoms with Crippen molar-refractivity contribution in [2.24, 2.45) is 0 Å². The van der Waals surface area contributed by atoms with Gasteiger partial charge in [0.25, 0.3) is 0 Å². The molecule has 0 N–H and O–H groups in total. The maximum absolute atomic E-state index is 12.3. The van der Waals surface area contributed by atoms with Crippen molar-refractivity contribution in [3.63, 3.8) is 0 Å². The molecule has 19 heavy (non-hydrogen) atoms. The van der Waals surface area contributed by atoms with Crippen LogP contribution in [0.5, 0.6) is 0 Å². The van der Waals surface area contributed by atoms with Crippen molar-refractivity contribution in [2.75, 3.05) is 0 Å². The summed E-state index contributed by atoms with van der Waals surface area (Å²) in [6, 6.07) is 0.676. The molecule has 0 aromatic rings. The number of hydrogen-bond donors (Lipinski definition) is 0. The second-order valence-corrected chi connectivity index (χ2v) is 22.5. The van der Waals surface area contributed by atoms with Gasteiger partial charge in [0.1, 0.15) is 0 Å². The van der Waals surface area contributed by atoms with Crippen molar-refractivity contribution in [1.29, 1.82) is 0 Å². The van der Waals surface area contributed by atoms with Crippen LogP contribution in [-0.4, -0.2) is 47.1 Å². The van der Waals surface area contributed by atoms with Gasteiger partial charge in [-0.3, -0.25) is 0 Å². The Morgan fingerprint density at radius 1 is 1.32 bits per heavy atom. The Morgan fingerprint density at radius 2 is 1.95 bits per heavy atom. The minimum atomic E-state index is -1.97. The van der Waals surface area contributed by atoms with E-state index in [9.17, 15) is 4.79 Å². The number of carbonyl (C=O) groups is 1. The van der Waals surface area contributed by atoms with Gasteiger partial charge >= 0.3 is 121 Å². The van der Waals surface area contributed by atoms with Crippen LogP contribution < -0.4 is 0 Å². The molecule has 2 aliphatic heterocycles. The molecule has 1 amide bonds. The second-order valence-electron chi connectivity index (χ2n) is 7.83. The zero-order valence-electron chi connectivity index (χ0n) is 13.1.